The van der Waals surface area contributed by atoms with Crippen molar-refractivity contribution in [2.75, 3.05) is 6.54 Å². The normalized spacial score (nSPS) is 11.7. The number of aryl methyl sites for hydroxylation is 1. The van der Waals surface area contributed by atoms with Crippen molar-refractivity contribution < 1.29 is 0 Å². The van der Waals surface area contributed by atoms with E-state index in [-0.39, 0.29) is 0 Å². The molecule has 0 aliphatic heterocycles. The van der Waals surface area contributed by atoms with E-state index in [1.54, 1.807) is 11.3 Å². The number of aliphatic imine (C=N–C) groups is 1. The van der Waals surface area contributed by atoms with Gasteiger partial charge in [-0.1, -0.05) is 0 Å². The van der Waals surface area contributed by atoms with Gasteiger partial charge in [0, 0.05) is 11.9 Å². The molecule has 72 valence electrons. The molecule has 0 bridgehead atoms. The Morgan fingerprint density at radius 1 is 1.77 bits per heavy atom. The molecular formula is C8H14N4S. The third kappa shape index (κ3) is 3.42. The van der Waals surface area contributed by atoms with Crippen LogP contribution in [0.1, 0.15) is 17.6 Å². The van der Waals surface area contributed by atoms with Gasteiger partial charge in [-0.2, -0.15) is 0 Å². The Kier molecular flexibility index (Phi) is 3.70. The SMILES string of the molecule is CCNC(N)=NCc1csc(C)n1. The van der Waals surface area contributed by atoms with Gasteiger partial charge in [-0.25, -0.2) is 9.98 Å². The Labute approximate surface area is 81.9 Å². The van der Waals surface area contributed by atoms with Crippen molar-refractivity contribution in [3.8, 4) is 0 Å². The van der Waals surface area contributed by atoms with Crippen LogP contribution in [-0.2, 0) is 6.54 Å². The maximum absolute atomic E-state index is 5.55. The highest BCUT2D eigenvalue weighted by Gasteiger charge is 1.96. The minimum absolute atomic E-state index is 0.480. The lowest BCUT2D eigenvalue weighted by Crippen LogP contribution is -2.31. The molecule has 0 unspecified atom stereocenters. The zero-order chi connectivity index (χ0) is 9.68. The van der Waals surface area contributed by atoms with Crippen LogP contribution in [0.3, 0.4) is 0 Å². The molecule has 0 aromatic carbocycles. The molecule has 4 nitrogen and oxygen atoms in total. The summed E-state index contributed by atoms with van der Waals surface area (Å²) in [6, 6.07) is 0. The highest BCUT2D eigenvalue weighted by Crippen LogP contribution is 2.08. The van der Waals surface area contributed by atoms with Crippen molar-refractivity contribution in [3.63, 3.8) is 0 Å². The molecule has 0 spiro atoms. The first-order valence-corrected chi connectivity index (χ1v) is 5.05. The predicted octanol–water partition coefficient (Wildman–Crippen LogP) is 0.876. The number of rotatable bonds is 3. The number of guanidine groups is 1. The number of thiazole rings is 1. The average molecular weight is 198 g/mol. The number of hydrogen-bond donors (Lipinski definition) is 2. The Morgan fingerprint density at radius 2 is 2.54 bits per heavy atom. The number of nitrogens with two attached hydrogens (primary N) is 1. The molecule has 13 heavy (non-hydrogen) atoms. The van der Waals surface area contributed by atoms with Gasteiger partial charge in [0.2, 0.25) is 0 Å². The average Bonchev–Trinajstić information content (AvgIpc) is 2.49. The number of aromatic nitrogens is 1. The minimum atomic E-state index is 0.480. The van der Waals surface area contributed by atoms with E-state index in [4.69, 9.17) is 5.73 Å². The fourth-order valence-electron chi connectivity index (χ4n) is 0.884. The van der Waals surface area contributed by atoms with Crippen LogP contribution in [0.4, 0.5) is 0 Å². The molecule has 0 amide bonds. The zero-order valence-corrected chi connectivity index (χ0v) is 8.69. The first-order chi connectivity index (χ1) is 6.22. The monoisotopic (exact) mass is 198 g/mol. The van der Waals surface area contributed by atoms with Crippen LogP contribution in [0.2, 0.25) is 0 Å². The van der Waals surface area contributed by atoms with Crippen molar-refractivity contribution >= 4 is 17.3 Å². The molecule has 0 aliphatic carbocycles. The number of nitrogens with zero attached hydrogens (tertiary/aromatic N) is 2. The van der Waals surface area contributed by atoms with Crippen LogP contribution < -0.4 is 11.1 Å². The van der Waals surface area contributed by atoms with Crippen molar-refractivity contribution in [2.45, 2.75) is 20.4 Å². The molecule has 0 saturated heterocycles. The van der Waals surface area contributed by atoms with Crippen LogP contribution in [0.15, 0.2) is 10.4 Å². The summed E-state index contributed by atoms with van der Waals surface area (Å²) in [5.74, 6) is 0.480. The summed E-state index contributed by atoms with van der Waals surface area (Å²) >= 11 is 1.63. The minimum Gasteiger partial charge on any atom is -0.370 e. The molecule has 0 fully saturated rings. The molecule has 0 aliphatic rings. The fraction of sp³-hybridized carbons (Fsp3) is 0.500. The molecule has 1 aromatic heterocycles. The molecule has 0 radical (unpaired) electrons. The summed E-state index contributed by atoms with van der Waals surface area (Å²) in [6.07, 6.45) is 0. The van der Waals surface area contributed by atoms with Gasteiger partial charge in [0.1, 0.15) is 0 Å². The third-order valence-electron chi connectivity index (χ3n) is 1.44. The predicted molar refractivity (Wildman–Crippen MR) is 55.9 cm³/mol. The third-order valence-corrected chi connectivity index (χ3v) is 2.26. The number of nitrogens with one attached hydrogen (secondary N) is 1. The highest BCUT2D eigenvalue weighted by molar-refractivity contribution is 7.09. The highest BCUT2D eigenvalue weighted by atomic mass is 32.1. The van der Waals surface area contributed by atoms with Crippen molar-refractivity contribution in [1.29, 1.82) is 0 Å². The van der Waals surface area contributed by atoms with E-state index in [1.807, 2.05) is 19.2 Å². The van der Waals surface area contributed by atoms with Crippen molar-refractivity contribution in [2.24, 2.45) is 10.7 Å². The van der Waals surface area contributed by atoms with Gasteiger partial charge >= 0.3 is 0 Å². The summed E-state index contributed by atoms with van der Waals surface area (Å²) in [7, 11) is 0. The van der Waals surface area contributed by atoms with E-state index in [0.29, 0.717) is 12.5 Å². The topological polar surface area (TPSA) is 63.3 Å². The molecule has 1 aromatic rings. The largest absolute Gasteiger partial charge is 0.370 e. The molecule has 3 N–H and O–H groups in total. The zero-order valence-electron chi connectivity index (χ0n) is 7.87. The van der Waals surface area contributed by atoms with Crippen LogP contribution in [0.5, 0.6) is 0 Å². The summed E-state index contributed by atoms with van der Waals surface area (Å²) in [5.41, 5.74) is 6.53. The lowest BCUT2D eigenvalue weighted by atomic mass is 10.5. The second-order valence-electron chi connectivity index (χ2n) is 2.59. The second kappa shape index (κ2) is 4.81. The van der Waals surface area contributed by atoms with Crippen LogP contribution >= 0.6 is 11.3 Å². The van der Waals surface area contributed by atoms with E-state index in [1.165, 1.54) is 0 Å². The van der Waals surface area contributed by atoms with Crippen molar-refractivity contribution in [1.82, 2.24) is 10.3 Å². The quantitative estimate of drug-likeness (QED) is 0.559. The summed E-state index contributed by atoms with van der Waals surface area (Å²) in [4.78, 5) is 8.40. The Bertz CT molecular complexity index is 292. The molecule has 1 rings (SSSR count). The first kappa shape index (κ1) is 9.98. The molecular weight excluding hydrogens is 184 g/mol. The first-order valence-electron chi connectivity index (χ1n) is 4.17. The lowest BCUT2D eigenvalue weighted by molar-refractivity contribution is 0.913. The van der Waals surface area contributed by atoms with Gasteiger partial charge < -0.3 is 11.1 Å². The number of hydrogen-bond acceptors (Lipinski definition) is 3. The van der Waals surface area contributed by atoms with Gasteiger partial charge in [-0.05, 0) is 13.8 Å². The maximum Gasteiger partial charge on any atom is 0.188 e. The van der Waals surface area contributed by atoms with Crippen LogP contribution in [0, 0.1) is 6.92 Å². The summed E-state index contributed by atoms with van der Waals surface area (Å²) in [6.45, 7) is 5.31. The van der Waals surface area contributed by atoms with Gasteiger partial charge in [-0.15, -0.1) is 11.3 Å². The fourth-order valence-corrected chi connectivity index (χ4v) is 1.49. The van der Waals surface area contributed by atoms with E-state index in [0.717, 1.165) is 17.2 Å². The van der Waals surface area contributed by atoms with Gasteiger partial charge in [0.15, 0.2) is 5.96 Å². The molecule has 0 atom stereocenters. The van der Waals surface area contributed by atoms with E-state index in [2.05, 4.69) is 15.3 Å². The van der Waals surface area contributed by atoms with Gasteiger partial charge in [0.05, 0.1) is 17.2 Å². The van der Waals surface area contributed by atoms with Gasteiger partial charge in [-0.3, -0.25) is 0 Å². The smallest absolute Gasteiger partial charge is 0.188 e. The maximum atomic E-state index is 5.55. The molecule has 5 heteroatoms. The van der Waals surface area contributed by atoms with E-state index >= 15 is 0 Å². The Balaban J connectivity index is 2.46. The molecule has 0 saturated carbocycles. The van der Waals surface area contributed by atoms with Gasteiger partial charge in [0.25, 0.3) is 0 Å². The van der Waals surface area contributed by atoms with E-state index < -0.39 is 0 Å². The van der Waals surface area contributed by atoms with Crippen LogP contribution in [-0.4, -0.2) is 17.5 Å². The summed E-state index contributed by atoms with van der Waals surface area (Å²) in [5, 5.41) is 5.99. The van der Waals surface area contributed by atoms with E-state index in [9.17, 15) is 0 Å². The Morgan fingerprint density at radius 3 is 3.08 bits per heavy atom. The standard InChI is InChI=1S/C8H14N4S/c1-3-10-8(9)11-4-7-5-13-6(2)12-7/h5H,3-4H2,1-2H3,(H3,9,10,11). The Hall–Kier alpha value is -1.10. The van der Waals surface area contributed by atoms with Crippen LogP contribution in [0.25, 0.3) is 0 Å². The molecule has 1 heterocycles. The second-order valence-corrected chi connectivity index (χ2v) is 3.65. The van der Waals surface area contributed by atoms with Crippen molar-refractivity contribution in [3.05, 3.63) is 16.1 Å². The summed E-state index contributed by atoms with van der Waals surface area (Å²) < 4.78 is 0. The lowest BCUT2D eigenvalue weighted by Gasteiger charge is -1.99.